The number of rotatable bonds is 4. The number of phenolic OH excluding ortho intramolecular Hbond substituents is 1. The van der Waals surface area contributed by atoms with Crippen LogP contribution in [0.5, 0.6) is 5.75 Å². The van der Waals surface area contributed by atoms with Crippen LogP contribution in [0.1, 0.15) is 74.5 Å². The quantitative estimate of drug-likeness (QED) is 0.446. The smallest absolute Gasteiger partial charge is 0.235 e. The molecule has 10 nitrogen and oxygen atoms in total. The van der Waals surface area contributed by atoms with Gasteiger partial charge in [-0.15, -0.1) is 0 Å². The predicted molar refractivity (Wildman–Crippen MR) is 149 cm³/mol. The number of Topliss-reactive ketones (excluding diaryl/α,β-unsaturated/α-hetero) is 4. The van der Waals surface area contributed by atoms with Gasteiger partial charge >= 0.3 is 0 Å². The third kappa shape index (κ3) is 4.18. The molecular formula is C31H40FN3O7. The van der Waals surface area contributed by atoms with Crippen molar-refractivity contribution >= 4 is 29.0 Å². The zero-order valence-electron chi connectivity index (χ0n) is 25.2. The molecule has 0 saturated heterocycles. The number of phenols is 1. The molecule has 2 unspecified atom stereocenters. The minimum absolute atomic E-state index is 0.0103. The minimum Gasteiger partial charge on any atom is -0.507 e. The van der Waals surface area contributed by atoms with E-state index >= 15 is 4.39 Å². The highest BCUT2D eigenvalue weighted by Gasteiger charge is 2.69. The van der Waals surface area contributed by atoms with Gasteiger partial charge in [-0.1, -0.05) is 20.8 Å². The van der Waals surface area contributed by atoms with Crippen LogP contribution < -0.4 is 5.73 Å². The Kier molecular flexibility index (Phi) is 6.88. The molecule has 6 atom stereocenters. The first-order valence-electron chi connectivity index (χ1n) is 14.4. The van der Waals surface area contributed by atoms with Gasteiger partial charge in [0.25, 0.3) is 0 Å². The van der Waals surface area contributed by atoms with Gasteiger partial charge in [0.2, 0.25) is 5.91 Å². The number of nitrogens with two attached hydrogens (primary N) is 1. The summed E-state index contributed by atoms with van der Waals surface area (Å²) < 4.78 is 16.2. The van der Waals surface area contributed by atoms with Crippen molar-refractivity contribution in [3.8, 4) is 5.75 Å². The summed E-state index contributed by atoms with van der Waals surface area (Å²) in [5, 5.41) is 23.1. The van der Waals surface area contributed by atoms with Gasteiger partial charge in [-0.2, -0.15) is 0 Å². The summed E-state index contributed by atoms with van der Waals surface area (Å²) in [4.78, 5) is 70.2. The maximum atomic E-state index is 16.2. The van der Waals surface area contributed by atoms with Crippen molar-refractivity contribution in [1.29, 1.82) is 0 Å². The fourth-order valence-electron chi connectivity index (χ4n) is 8.41. The second-order valence-corrected chi connectivity index (χ2v) is 14.7. The largest absolute Gasteiger partial charge is 0.507 e. The van der Waals surface area contributed by atoms with Crippen LogP contribution >= 0.6 is 0 Å². The van der Waals surface area contributed by atoms with E-state index in [0.29, 0.717) is 11.1 Å². The number of halogens is 1. The SMILES string of the molecule is CN(C)[C@@H]1C(=O)C(C(N)=O)C(=O)[C@@]2(O)C(=O)C3C(=O)c4c(O)c5c(c(F)c4C[C@H]3C[C@@H]12)CN(C(C)(C)CC(C)(C)C)C5. The topological polar surface area (TPSA) is 158 Å². The summed E-state index contributed by atoms with van der Waals surface area (Å²) >= 11 is 0. The fraction of sp³-hybridized carbons (Fsp3) is 0.645. The first-order valence-corrected chi connectivity index (χ1v) is 14.4. The van der Waals surface area contributed by atoms with Crippen molar-refractivity contribution in [3.63, 3.8) is 0 Å². The number of hydrogen-bond acceptors (Lipinski definition) is 9. The van der Waals surface area contributed by atoms with Crippen molar-refractivity contribution < 1.29 is 38.6 Å². The summed E-state index contributed by atoms with van der Waals surface area (Å²) in [6.45, 7) is 10.9. The highest BCUT2D eigenvalue weighted by molar-refractivity contribution is 6.32. The first kappa shape index (κ1) is 30.4. The molecule has 5 rings (SSSR count). The number of benzene rings is 1. The van der Waals surface area contributed by atoms with E-state index in [4.69, 9.17) is 5.73 Å². The van der Waals surface area contributed by atoms with Crippen LogP contribution in [0.3, 0.4) is 0 Å². The lowest BCUT2D eigenvalue weighted by Gasteiger charge is -2.52. The molecule has 0 radical (unpaired) electrons. The van der Waals surface area contributed by atoms with Crippen LogP contribution in [0.15, 0.2) is 0 Å². The van der Waals surface area contributed by atoms with E-state index in [2.05, 4.69) is 39.5 Å². The van der Waals surface area contributed by atoms with Crippen molar-refractivity contribution in [1.82, 2.24) is 9.80 Å². The van der Waals surface area contributed by atoms with Crippen molar-refractivity contribution in [2.24, 2.45) is 34.8 Å². The van der Waals surface area contributed by atoms with E-state index in [1.165, 1.54) is 19.0 Å². The number of aliphatic hydroxyl groups is 1. The lowest BCUT2D eigenvalue weighted by Crippen LogP contribution is -2.74. The molecule has 11 heteroatoms. The van der Waals surface area contributed by atoms with Gasteiger partial charge in [0, 0.05) is 41.2 Å². The number of amides is 1. The second kappa shape index (κ2) is 9.49. The summed E-state index contributed by atoms with van der Waals surface area (Å²) in [6.07, 6.45) is 0.579. The second-order valence-electron chi connectivity index (χ2n) is 14.7. The van der Waals surface area contributed by atoms with Crippen molar-refractivity contribution in [2.75, 3.05) is 14.1 Å². The Morgan fingerprint density at radius 2 is 1.64 bits per heavy atom. The summed E-state index contributed by atoms with van der Waals surface area (Å²) in [5.41, 5.74) is 2.50. The molecule has 0 aromatic heterocycles. The fourth-order valence-corrected chi connectivity index (χ4v) is 8.41. The predicted octanol–water partition coefficient (Wildman–Crippen LogP) is 1.54. The number of carbonyl (C=O) groups is 5. The van der Waals surface area contributed by atoms with Crippen LogP contribution in [0, 0.1) is 34.9 Å². The molecule has 42 heavy (non-hydrogen) atoms. The Morgan fingerprint density at radius 3 is 2.19 bits per heavy atom. The number of aromatic hydroxyl groups is 1. The van der Waals surface area contributed by atoms with E-state index < -0.39 is 70.2 Å². The van der Waals surface area contributed by atoms with Gasteiger partial charge in [0.05, 0.1) is 17.5 Å². The number of likely N-dealkylation sites (N-methyl/N-ethyl adjacent to an activating group) is 1. The lowest BCUT2D eigenvalue weighted by molar-refractivity contribution is -0.181. The third-order valence-corrected chi connectivity index (χ3v) is 9.89. The number of ketones is 4. The van der Waals surface area contributed by atoms with Gasteiger partial charge in [-0.05, 0) is 58.5 Å². The molecule has 3 aliphatic carbocycles. The lowest BCUT2D eigenvalue weighted by atomic mass is 9.52. The standard InChI is InChI=1S/C31H40FN3O7/c1-29(2,3)12-30(4,5)35-10-15-16(11-35)23(36)19-14(21(15)32)8-13-9-17-22(34(6)7)25(38)20(28(33)41)27(40)31(17,42)26(39)18(13)24(19)37/h13,17-18,20,22,36,42H,8-12H2,1-7H3,(H2,33,41)/t13-,17-,18?,20?,22-,31-/m0/s1. The van der Waals surface area contributed by atoms with Crippen molar-refractivity contribution in [3.05, 3.63) is 28.1 Å². The van der Waals surface area contributed by atoms with Gasteiger partial charge < -0.3 is 15.9 Å². The molecule has 1 aliphatic heterocycles. The number of primary amides is 1. The number of fused-ring (bicyclic) bond motifs is 4. The number of nitrogens with zero attached hydrogens (tertiary/aromatic N) is 2. The minimum atomic E-state index is -2.81. The summed E-state index contributed by atoms with van der Waals surface area (Å²) in [5.74, 6) is -12.1. The van der Waals surface area contributed by atoms with Gasteiger partial charge in [-0.3, -0.25) is 33.8 Å². The molecule has 1 aromatic rings. The monoisotopic (exact) mass is 585 g/mol. The zero-order valence-corrected chi connectivity index (χ0v) is 25.2. The Hall–Kier alpha value is -3.02. The maximum Gasteiger partial charge on any atom is 0.235 e. The molecular weight excluding hydrogens is 545 g/mol. The Labute approximate surface area is 244 Å². The van der Waals surface area contributed by atoms with Gasteiger partial charge in [-0.25, -0.2) is 4.39 Å². The molecule has 2 saturated carbocycles. The molecule has 4 aliphatic rings. The Balaban J connectivity index is 1.58. The van der Waals surface area contributed by atoms with Crippen LogP contribution in [0.2, 0.25) is 0 Å². The number of carbonyl (C=O) groups excluding carboxylic acids is 5. The van der Waals surface area contributed by atoms with Gasteiger partial charge in [0.15, 0.2) is 34.7 Å². The Morgan fingerprint density at radius 1 is 1.05 bits per heavy atom. The molecule has 0 spiro atoms. The van der Waals surface area contributed by atoms with Crippen LogP contribution in [-0.4, -0.2) is 80.3 Å². The first-order chi connectivity index (χ1) is 19.2. The van der Waals surface area contributed by atoms with E-state index in [0.717, 1.165) is 6.42 Å². The molecule has 2 fully saturated rings. The summed E-state index contributed by atoms with van der Waals surface area (Å²) in [6, 6.07) is -1.21. The van der Waals surface area contributed by atoms with E-state index in [9.17, 15) is 34.2 Å². The zero-order chi connectivity index (χ0) is 31.4. The maximum absolute atomic E-state index is 16.2. The van der Waals surface area contributed by atoms with E-state index in [1.54, 1.807) is 0 Å². The average molecular weight is 586 g/mol. The van der Waals surface area contributed by atoms with Crippen molar-refractivity contribution in [2.45, 2.75) is 84.2 Å². The van der Waals surface area contributed by atoms with Crippen LogP contribution in [0.25, 0.3) is 0 Å². The van der Waals surface area contributed by atoms with Crippen LogP contribution in [0.4, 0.5) is 4.39 Å². The number of hydrogen-bond donors (Lipinski definition) is 3. The van der Waals surface area contributed by atoms with E-state index in [-0.39, 0.29) is 53.8 Å². The molecule has 228 valence electrons. The Bertz CT molecular complexity index is 1440. The highest BCUT2D eigenvalue weighted by Crippen LogP contribution is 2.52. The van der Waals surface area contributed by atoms with Gasteiger partial charge in [0.1, 0.15) is 11.6 Å². The average Bonchev–Trinajstić information content (AvgIpc) is 3.30. The van der Waals surface area contributed by atoms with Crippen LogP contribution in [-0.2, 0) is 38.7 Å². The summed E-state index contributed by atoms with van der Waals surface area (Å²) in [7, 11) is 3.03. The highest BCUT2D eigenvalue weighted by atomic mass is 19.1. The molecule has 1 amide bonds. The normalized spacial score (nSPS) is 31.6. The molecule has 4 N–H and O–H groups in total. The molecule has 0 bridgehead atoms. The molecule has 1 aromatic carbocycles. The molecule has 1 heterocycles. The third-order valence-electron chi connectivity index (χ3n) is 9.89. The van der Waals surface area contributed by atoms with E-state index in [1.807, 2.05) is 0 Å².